The van der Waals surface area contributed by atoms with Crippen LogP contribution in [0.2, 0.25) is 0 Å². The van der Waals surface area contributed by atoms with Crippen LogP contribution in [0, 0.1) is 0 Å². The number of hydrogen-bond acceptors (Lipinski definition) is 5. The Bertz CT molecular complexity index is 14.8. The van der Waals surface area contributed by atoms with Gasteiger partial charge in [0, 0.05) is 8.41 Å². The van der Waals surface area contributed by atoms with Gasteiger partial charge in [0.15, 0.2) is 0 Å². The Morgan fingerprint density at radius 3 is 0.364 bits per heavy atom. The molecular weight excluding hydrogens is 141 g/mol. The van der Waals surface area contributed by atoms with Crippen molar-refractivity contribution in [2.24, 2.45) is 28.7 Å². The van der Waals surface area contributed by atoms with E-state index in [1.165, 1.54) is 35.2 Å². The van der Waals surface area contributed by atoms with Crippen molar-refractivity contribution in [2.45, 2.75) is 0 Å². The molecule has 0 rings (SSSR count). The third kappa shape index (κ3) is 33500. The van der Waals surface area contributed by atoms with Crippen molar-refractivity contribution in [2.75, 3.05) is 35.2 Å². The molecule has 6 heteroatoms. The fraction of sp³-hybridized carbons (Fsp3) is 1.00. The molecule has 10 N–H and O–H groups in total. The number of hydrogen-bond donors (Lipinski definition) is 5. The van der Waals surface area contributed by atoms with E-state index < -0.39 is 0 Å². The molecule has 0 spiro atoms. The van der Waals surface area contributed by atoms with E-state index in [1.807, 2.05) is 0 Å². The molecule has 0 aromatic rings. The van der Waals surface area contributed by atoms with Crippen molar-refractivity contribution >= 4 is 8.41 Å². The molecule has 0 saturated heterocycles. The van der Waals surface area contributed by atoms with Crippen LogP contribution < -0.4 is 28.7 Å². The summed E-state index contributed by atoms with van der Waals surface area (Å²) in [6.45, 7) is 0. The second-order valence-electron chi connectivity index (χ2n) is 0. The minimum absolute atomic E-state index is 0. The maximum absolute atomic E-state index is 4.50. The highest BCUT2D eigenvalue weighted by molar-refractivity contribution is 5.75. The summed E-state index contributed by atoms with van der Waals surface area (Å²) in [5, 5.41) is 0. The lowest BCUT2D eigenvalue weighted by molar-refractivity contribution is 1.48. The third-order valence-corrected chi connectivity index (χ3v) is 0. The molecule has 3 radical (unpaired) electrons. The maximum Gasteiger partial charge on any atom is 0 e. The van der Waals surface area contributed by atoms with E-state index in [0.29, 0.717) is 0 Å². The van der Waals surface area contributed by atoms with E-state index in [9.17, 15) is 0 Å². The Morgan fingerprint density at radius 2 is 0.364 bits per heavy atom. The molecule has 0 aliphatic heterocycles. The van der Waals surface area contributed by atoms with Crippen molar-refractivity contribution in [1.82, 2.24) is 0 Å². The average molecular weight is 166 g/mol. The molecule has 0 bridgehead atoms. The van der Waals surface area contributed by atoms with Gasteiger partial charge in [-0.25, -0.2) is 0 Å². The lowest BCUT2D eigenvalue weighted by Crippen LogP contribution is -1.69. The zero-order chi connectivity index (χ0) is 10.0. The van der Waals surface area contributed by atoms with Gasteiger partial charge in [0.1, 0.15) is 0 Å². The van der Waals surface area contributed by atoms with Crippen molar-refractivity contribution < 1.29 is 0 Å². The first-order valence-electron chi connectivity index (χ1n) is 2.89. The summed E-state index contributed by atoms with van der Waals surface area (Å²) < 4.78 is 0. The minimum Gasteiger partial charge on any atom is -0.333 e. The molecule has 0 aliphatic carbocycles. The fourth-order valence-electron chi connectivity index (χ4n) is 0. The van der Waals surface area contributed by atoms with E-state index in [-0.39, 0.29) is 8.41 Å². The Morgan fingerprint density at radius 1 is 0.364 bits per heavy atom. The molecule has 0 unspecified atom stereocenters. The topological polar surface area (TPSA) is 130 Å². The lowest BCUT2D eigenvalue weighted by atomic mass is 10.8. The summed E-state index contributed by atoms with van der Waals surface area (Å²) >= 11 is 0. The average Bonchev–Trinajstić information content (AvgIpc) is 2.20. The zero-order valence-electron chi connectivity index (χ0n) is 8.46. The first-order valence-corrected chi connectivity index (χ1v) is 2.89. The van der Waals surface area contributed by atoms with Crippen LogP contribution in [0.5, 0.6) is 0 Å². The van der Waals surface area contributed by atoms with Gasteiger partial charge in [-0.3, -0.25) is 0 Å². The van der Waals surface area contributed by atoms with Crippen LogP contribution in [0.1, 0.15) is 0 Å². The minimum atomic E-state index is 0. The summed E-state index contributed by atoms with van der Waals surface area (Å²) in [7, 11) is 7.50. The van der Waals surface area contributed by atoms with Gasteiger partial charge in [0.05, 0.1) is 0 Å². The van der Waals surface area contributed by atoms with Crippen molar-refractivity contribution in [3.05, 3.63) is 0 Å². The first kappa shape index (κ1) is 44.7. The van der Waals surface area contributed by atoms with Gasteiger partial charge in [-0.1, -0.05) is 0 Å². The summed E-state index contributed by atoms with van der Waals surface area (Å²) in [5.74, 6) is 0. The van der Waals surface area contributed by atoms with Crippen LogP contribution in [-0.4, -0.2) is 43.7 Å². The monoisotopic (exact) mass is 166 g/mol. The molecule has 0 aromatic heterocycles. The Labute approximate surface area is 73.2 Å². The predicted octanol–water partition coefficient (Wildman–Crippen LogP) is -2.51. The Balaban J connectivity index is -0.00000000694. The van der Waals surface area contributed by atoms with Crippen LogP contribution >= 0.6 is 0 Å². The molecule has 11 heavy (non-hydrogen) atoms. The first-order chi connectivity index (χ1) is 5.00. The molecule has 0 amide bonds. The van der Waals surface area contributed by atoms with E-state index >= 15 is 0 Å². The van der Waals surface area contributed by atoms with Crippen molar-refractivity contribution in [3.8, 4) is 0 Å². The smallest absolute Gasteiger partial charge is 0 e. The van der Waals surface area contributed by atoms with E-state index in [0.717, 1.165) is 0 Å². The van der Waals surface area contributed by atoms with Gasteiger partial charge in [-0.05, 0) is 35.2 Å². The third-order valence-electron chi connectivity index (χ3n) is 0. The van der Waals surface area contributed by atoms with Gasteiger partial charge in [0.2, 0.25) is 0 Å². The molecule has 0 aromatic carbocycles. The van der Waals surface area contributed by atoms with E-state index in [1.54, 1.807) is 0 Å². The van der Waals surface area contributed by atoms with Crippen molar-refractivity contribution in [1.29, 1.82) is 0 Å². The SMILES string of the molecule is CN.CN.CN.CN.CN.[B]. The Kier molecular flexibility index (Phi) is 173000. The summed E-state index contributed by atoms with van der Waals surface area (Å²) in [6.07, 6.45) is 0. The maximum atomic E-state index is 4.50. The van der Waals surface area contributed by atoms with Crippen LogP contribution in [0.25, 0.3) is 0 Å². The summed E-state index contributed by atoms with van der Waals surface area (Å²) in [6, 6.07) is 0. The summed E-state index contributed by atoms with van der Waals surface area (Å²) in [4.78, 5) is 0. The highest BCUT2D eigenvalue weighted by atomic mass is 14.4. The molecule has 0 atom stereocenters. The normalized spacial score (nSPS) is 2.73. The molecule has 73 valence electrons. The van der Waals surface area contributed by atoms with Crippen LogP contribution in [0.4, 0.5) is 0 Å². The van der Waals surface area contributed by atoms with Gasteiger partial charge in [0.25, 0.3) is 0 Å². The quantitative estimate of drug-likeness (QED) is 0.254. The second-order valence-corrected chi connectivity index (χ2v) is 0. The molecular formula is C5H25BN5. The number of nitrogens with two attached hydrogens (primary N) is 5. The number of rotatable bonds is 0. The van der Waals surface area contributed by atoms with Gasteiger partial charge >= 0.3 is 0 Å². The highest BCUT2D eigenvalue weighted by Gasteiger charge is 0.844. The van der Waals surface area contributed by atoms with Gasteiger partial charge in [-0.2, -0.15) is 0 Å². The molecule has 0 heterocycles. The lowest BCUT2D eigenvalue weighted by Gasteiger charge is -1.19. The van der Waals surface area contributed by atoms with Gasteiger partial charge in [-0.15, -0.1) is 0 Å². The van der Waals surface area contributed by atoms with Gasteiger partial charge < -0.3 is 28.7 Å². The molecule has 0 saturated carbocycles. The van der Waals surface area contributed by atoms with Crippen molar-refractivity contribution in [3.63, 3.8) is 0 Å². The standard InChI is InChI=1S/5CH5N.B/c5*1-2;/h5*2H2,1H3;. The fourth-order valence-corrected chi connectivity index (χ4v) is 0. The highest BCUT2D eigenvalue weighted by Crippen LogP contribution is 0.476. The van der Waals surface area contributed by atoms with Crippen LogP contribution in [0.3, 0.4) is 0 Å². The molecule has 0 fully saturated rings. The summed E-state index contributed by atoms with van der Waals surface area (Å²) in [5.41, 5.74) is 22.5. The zero-order valence-corrected chi connectivity index (χ0v) is 8.46. The van der Waals surface area contributed by atoms with E-state index in [2.05, 4.69) is 28.7 Å². The molecule has 5 nitrogen and oxygen atoms in total. The Hall–Kier alpha value is -0.135. The predicted molar refractivity (Wildman–Crippen MR) is 56.3 cm³/mol. The van der Waals surface area contributed by atoms with E-state index in [4.69, 9.17) is 0 Å². The second kappa shape index (κ2) is 42500. The largest absolute Gasteiger partial charge is 0.333 e. The molecule has 0 aliphatic rings. The van der Waals surface area contributed by atoms with Crippen LogP contribution in [-0.2, 0) is 0 Å². The van der Waals surface area contributed by atoms with Crippen LogP contribution in [0.15, 0.2) is 0 Å².